The summed E-state index contributed by atoms with van der Waals surface area (Å²) in [6.45, 7) is 1.26. The number of fused-ring (bicyclic) bond motifs is 1. The first-order valence-corrected chi connectivity index (χ1v) is 8.12. The van der Waals surface area contributed by atoms with E-state index in [0.717, 1.165) is 17.7 Å². The van der Waals surface area contributed by atoms with Gasteiger partial charge in [0.2, 0.25) is 0 Å². The van der Waals surface area contributed by atoms with Crippen LogP contribution < -0.4 is 34.3 Å². The van der Waals surface area contributed by atoms with E-state index in [4.69, 9.17) is 4.74 Å². The van der Waals surface area contributed by atoms with Crippen molar-refractivity contribution in [1.29, 1.82) is 0 Å². The number of ether oxygens (including phenoxy) is 1. The third-order valence-corrected chi connectivity index (χ3v) is 6.32. The van der Waals surface area contributed by atoms with Crippen molar-refractivity contribution in [2.45, 2.75) is 50.0 Å². The van der Waals surface area contributed by atoms with E-state index in [-0.39, 0.29) is 31.0 Å². The normalized spacial score (nSPS) is 34.4. The maximum atomic E-state index is 5.51. The Hall–Kier alpha value is -0.0200. The summed E-state index contributed by atoms with van der Waals surface area (Å²) in [5, 5.41) is 0. The summed E-state index contributed by atoms with van der Waals surface area (Å²) in [6, 6.07) is 7.60. The molecular formula is C18H26NNaO. The molecule has 3 aliphatic rings. The number of piperidine rings is 1. The van der Waals surface area contributed by atoms with Crippen molar-refractivity contribution >= 4 is 0 Å². The Bertz CT molecular complexity index is 538. The van der Waals surface area contributed by atoms with E-state index in [0.29, 0.717) is 5.41 Å². The number of hydrogen-bond acceptors (Lipinski definition) is 2. The van der Waals surface area contributed by atoms with Gasteiger partial charge in [-0.2, -0.15) is 0 Å². The van der Waals surface area contributed by atoms with Gasteiger partial charge in [0.15, 0.2) is 0 Å². The van der Waals surface area contributed by atoms with Crippen LogP contribution in [0.5, 0.6) is 5.75 Å². The van der Waals surface area contributed by atoms with Crippen LogP contribution in [0.2, 0.25) is 0 Å². The summed E-state index contributed by atoms with van der Waals surface area (Å²) in [4.78, 5) is 2.63. The molecule has 1 aromatic rings. The molecule has 3 atom stereocenters. The average Bonchev–Trinajstić information content (AvgIpc) is 2.50. The predicted octanol–water partition coefficient (Wildman–Crippen LogP) is 0.500. The molecule has 1 heterocycles. The van der Waals surface area contributed by atoms with Crippen LogP contribution in [0.4, 0.5) is 0 Å². The van der Waals surface area contributed by atoms with E-state index in [9.17, 15) is 0 Å². The molecule has 0 amide bonds. The summed E-state index contributed by atoms with van der Waals surface area (Å²) >= 11 is 0. The Labute approximate surface area is 152 Å². The Morgan fingerprint density at radius 3 is 2.95 bits per heavy atom. The molecule has 4 rings (SSSR count). The third kappa shape index (κ3) is 2.30. The Kier molecular flexibility index (Phi) is 4.44. The predicted molar refractivity (Wildman–Crippen MR) is 82.5 cm³/mol. The minimum absolute atomic E-state index is 0. The van der Waals surface area contributed by atoms with Crippen molar-refractivity contribution in [2.75, 3.05) is 20.7 Å². The van der Waals surface area contributed by atoms with E-state index in [1.165, 1.54) is 45.1 Å². The van der Waals surface area contributed by atoms with E-state index < -0.39 is 0 Å². The van der Waals surface area contributed by atoms with Crippen LogP contribution in [0, 0.1) is 5.92 Å². The van der Waals surface area contributed by atoms with Gasteiger partial charge in [0, 0.05) is 11.5 Å². The van der Waals surface area contributed by atoms with Crippen molar-refractivity contribution < 1.29 is 35.7 Å². The molecule has 1 aliphatic heterocycles. The van der Waals surface area contributed by atoms with Gasteiger partial charge < -0.3 is 11.1 Å². The molecule has 110 valence electrons. The van der Waals surface area contributed by atoms with Crippen molar-refractivity contribution in [3.63, 3.8) is 0 Å². The van der Waals surface area contributed by atoms with Gasteiger partial charge in [-0.05, 0) is 68.5 Å². The molecule has 0 spiro atoms. The molecule has 1 saturated heterocycles. The molecule has 1 saturated carbocycles. The smallest absolute Gasteiger partial charge is 1.00 e. The van der Waals surface area contributed by atoms with Gasteiger partial charge in [-0.25, -0.2) is 0 Å². The summed E-state index contributed by atoms with van der Waals surface area (Å²) < 4.78 is 5.51. The minimum Gasteiger partial charge on any atom is -1.00 e. The molecule has 0 radical (unpaired) electrons. The summed E-state index contributed by atoms with van der Waals surface area (Å²) in [7, 11) is 4.12. The number of benzene rings is 1. The third-order valence-electron chi connectivity index (χ3n) is 6.32. The van der Waals surface area contributed by atoms with E-state index in [1.807, 2.05) is 0 Å². The second-order valence-electron chi connectivity index (χ2n) is 7.03. The number of methoxy groups -OCH3 is 1. The van der Waals surface area contributed by atoms with Crippen molar-refractivity contribution in [1.82, 2.24) is 4.90 Å². The second-order valence-corrected chi connectivity index (χ2v) is 7.03. The largest absolute Gasteiger partial charge is 1.00 e. The summed E-state index contributed by atoms with van der Waals surface area (Å²) in [5.74, 6) is 1.91. The first kappa shape index (κ1) is 15.9. The van der Waals surface area contributed by atoms with Gasteiger partial charge in [-0.1, -0.05) is 18.9 Å². The van der Waals surface area contributed by atoms with Gasteiger partial charge in [-0.3, -0.25) is 0 Å². The maximum Gasteiger partial charge on any atom is 1.00 e. The van der Waals surface area contributed by atoms with Gasteiger partial charge in [0.05, 0.1) is 7.11 Å². The molecule has 3 heteroatoms. The monoisotopic (exact) mass is 295 g/mol. The summed E-state index contributed by atoms with van der Waals surface area (Å²) in [5.41, 5.74) is 3.67. The zero-order valence-electron chi connectivity index (χ0n) is 14.7. The van der Waals surface area contributed by atoms with Crippen LogP contribution in [0.3, 0.4) is 0 Å². The fraction of sp³-hybridized carbons (Fsp3) is 0.667. The summed E-state index contributed by atoms with van der Waals surface area (Å²) in [6.07, 6.45) is 8.22. The molecule has 2 bridgehead atoms. The number of rotatable bonds is 1. The van der Waals surface area contributed by atoms with E-state index in [2.05, 4.69) is 30.1 Å². The molecule has 2 nitrogen and oxygen atoms in total. The van der Waals surface area contributed by atoms with Crippen LogP contribution in [-0.4, -0.2) is 31.6 Å². The van der Waals surface area contributed by atoms with Gasteiger partial charge in [-0.15, -0.1) is 0 Å². The van der Waals surface area contributed by atoms with E-state index in [1.54, 1.807) is 18.2 Å². The van der Waals surface area contributed by atoms with Crippen LogP contribution in [0.1, 0.15) is 44.7 Å². The van der Waals surface area contributed by atoms with Gasteiger partial charge in [0.25, 0.3) is 0 Å². The number of likely N-dealkylation sites (N-methyl/N-ethyl adjacent to an activating group) is 1. The number of hydrogen-bond donors (Lipinski definition) is 0. The fourth-order valence-corrected chi connectivity index (χ4v) is 5.30. The zero-order chi connectivity index (χ0) is 13.7. The molecule has 0 unspecified atom stereocenters. The van der Waals surface area contributed by atoms with Gasteiger partial charge >= 0.3 is 29.6 Å². The van der Waals surface area contributed by atoms with Crippen LogP contribution >= 0.6 is 0 Å². The SMILES string of the molecule is COc1ccc2c(c1)[C@]13CCCC[C@@H]1[C@H](C2)N(C)CC3.[H-].[Na+]. The quantitative estimate of drug-likeness (QED) is 0.700. The van der Waals surface area contributed by atoms with Crippen molar-refractivity contribution in [3.8, 4) is 5.75 Å². The average molecular weight is 295 g/mol. The molecule has 1 aromatic carbocycles. The van der Waals surface area contributed by atoms with Crippen molar-refractivity contribution in [3.05, 3.63) is 29.3 Å². The molecular weight excluding hydrogens is 269 g/mol. The standard InChI is InChI=1S/C18H25NO.Na.H/c1-19-10-9-18-8-4-3-5-15(18)17(19)11-13-6-7-14(20-2)12-16(13)18;;/h6-7,12,15,17H,3-5,8-11H2,1-2H3;;/q;+1;-1/t15-,17+,18+;;/m1../s1. The second kappa shape index (κ2) is 5.88. The van der Waals surface area contributed by atoms with Crippen LogP contribution in [-0.2, 0) is 11.8 Å². The number of nitrogens with zero attached hydrogens (tertiary/aromatic N) is 1. The Balaban J connectivity index is 0.000000882. The van der Waals surface area contributed by atoms with Crippen LogP contribution in [0.25, 0.3) is 0 Å². The first-order valence-electron chi connectivity index (χ1n) is 8.12. The van der Waals surface area contributed by atoms with Crippen molar-refractivity contribution in [2.24, 2.45) is 5.92 Å². The molecule has 21 heavy (non-hydrogen) atoms. The van der Waals surface area contributed by atoms with Gasteiger partial charge in [0.1, 0.15) is 5.75 Å². The van der Waals surface area contributed by atoms with E-state index >= 15 is 0 Å². The fourth-order valence-electron chi connectivity index (χ4n) is 5.30. The first-order chi connectivity index (χ1) is 9.74. The van der Waals surface area contributed by atoms with Crippen LogP contribution in [0.15, 0.2) is 18.2 Å². The number of likely N-dealkylation sites (tertiary alicyclic amines) is 1. The maximum absolute atomic E-state index is 5.51. The Morgan fingerprint density at radius 1 is 1.29 bits per heavy atom. The topological polar surface area (TPSA) is 12.5 Å². The molecule has 2 aliphatic carbocycles. The minimum atomic E-state index is 0. The molecule has 0 aromatic heterocycles. The zero-order valence-corrected chi connectivity index (χ0v) is 15.7. The molecule has 0 N–H and O–H groups in total. The Morgan fingerprint density at radius 2 is 2.14 bits per heavy atom. The molecule has 2 fully saturated rings.